The fourth-order valence-corrected chi connectivity index (χ4v) is 1.23. The number of hydrogen-bond acceptors (Lipinski definition) is 3. The Hall–Kier alpha value is -0.490. The molecule has 0 spiro atoms. The first-order valence-electron chi connectivity index (χ1n) is 5.41. The van der Waals surface area contributed by atoms with Gasteiger partial charge in [0, 0.05) is 13.0 Å². The van der Waals surface area contributed by atoms with Gasteiger partial charge in [0.2, 0.25) is 0 Å². The van der Waals surface area contributed by atoms with E-state index in [2.05, 4.69) is 4.29 Å². The summed E-state index contributed by atoms with van der Waals surface area (Å²) in [5.74, 6) is -0.465. The van der Waals surface area contributed by atoms with Crippen molar-refractivity contribution in [2.75, 3.05) is 13.2 Å². The highest BCUT2D eigenvalue weighted by Gasteiger charge is 2.26. The number of rotatable bonds is 9. The molecular formula is C10H16ClF3O3. The van der Waals surface area contributed by atoms with Crippen molar-refractivity contribution in [1.82, 2.24) is 0 Å². The smallest absolute Gasteiger partial charge is 0.381 e. The standard InChI is InChI=1S/C10H16ClF3O3/c11-17-9(15)5-3-1-2-4-7-16-8-6-10(12,13)14/h1-8H2. The van der Waals surface area contributed by atoms with Crippen molar-refractivity contribution in [2.24, 2.45) is 0 Å². The number of halogens is 4. The van der Waals surface area contributed by atoms with Crippen molar-refractivity contribution < 1.29 is 27.0 Å². The average Bonchev–Trinajstić information content (AvgIpc) is 2.25. The van der Waals surface area contributed by atoms with E-state index in [0.29, 0.717) is 19.4 Å². The summed E-state index contributed by atoms with van der Waals surface area (Å²) >= 11 is 4.82. The molecule has 0 aromatic heterocycles. The quantitative estimate of drug-likeness (QED) is 0.604. The summed E-state index contributed by atoms with van der Waals surface area (Å²) in [6.07, 6.45) is -1.84. The molecule has 0 aliphatic carbocycles. The second-order valence-corrected chi connectivity index (χ2v) is 3.75. The van der Waals surface area contributed by atoms with Gasteiger partial charge >= 0.3 is 12.1 Å². The third-order valence-corrected chi connectivity index (χ3v) is 2.21. The van der Waals surface area contributed by atoms with E-state index in [1.165, 1.54) is 0 Å². The molecule has 0 N–H and O–H groups in total. The van der Waals surface area contributed by atoms with E-state index in [-0.39, 0.29) is 13.0 Å². The van der Waals surface area contributed by atoms with Crippen molar-refractivity contribution in [2.45, 2.75) is 44.7 Å². The summed E-state index contributed by atoms with van der Waals surface area (Å²) in [7, 11) is 0. The lowest BCUT2D eigenvalue weighted by atomic mass is 10.1. The number of alkyl halides is 3. The second kappa shape index (κ2) is 9.53. The number of carbonyl (C=O) groups excluding carboxylic acids is 1. The Morgan fingerprint density at radius 1 is 1.06 bits per heavy atom. The highest BCUT2D eigenvalue weighted by Crippen LogP contribution is 2.19. The molecule has 102 valence electrons. The van der Waals surface area contributed by atoms with E-state index in [4.69, 9.17) is 16.6 Å². The van der Waals surface area contributed by atoms with E-state index in [1.54, 1.807) is 0 Å². The molecule has 0 aliphatic heterocycles. The van der Waals surface area contributed by atoms with Crippen LogP contribution in [0.5, 0.6) is 0 Å². The Morgan fingerprint density at radius 3 is 2.29 bits per heavy atom. The van der Waals surface area contributed by atoms with Gasteiger partial charge in [0.15, 0.2) is 0 Å². The molecule has 0 bridgehead atoms. The van der Waals surface area contributed by atoms with Gasteiger partial charge in [0.05, 0.1) is 13.0 Å². The van der Waals surface area contributed by atoms with Crippen molar-refractivity contribution >= 4 is 17.8 Å². The molecule has 0 saturated heterocycles. The molecule has 0 aromatic rings. The second-order valence-electron chi connectivity index (χ2n) is 3.59. The maximum absolute atomic E-state index is 11.7. The van der Waals surface area contributed by atoms with Crippen molar-refractivity contribution in [3.05, 3.63) is 0 Å². The van der Waals surface area contributed by atoms with Gasteiger partial charge in [-0.2, -0.15) is 13.2 Å². The van der Waals surface area contributed by atoms with Crippen molar-refractivity contribution in [3.8, 4) is 0 Å². The summed E-state index contributed by atoms with van der Waals surface area (Å²) in [4.78, 5) is 10.6. The molecule has 0 aromatic carbocycles. The summed E-state index contributed by atoms with van der Waals surface area (Å²) < 4.78 is 43.9. The molecule has 0 atom stereocenters. The fraction of sp³-hybridized carbons (Fsp3) is 0.900. The van der Waals surface area contributed by atoms with E-state index >= 15 is 0 Å². The zero-order valence-electron chi connectivity index (χ0n) is 9.39. The molecule has 7 heteroatoms. The van der Waals surface area contributed by atoms with Gasteiger partial charge in [0.1, 0.15) is 11.9 Å². The Morgan fingerprint density at radius 2 is 1.71 bits per heavy atom. The van der Waals surface area contributed by atoms with Crippen LogP contribution >= 0.6 is 11.9 Å². The first-order valence-corrected chi connectivity index (χ1v) is 5.72. The monoisotopic (exact) mass is 276 g/mol. The van der Waals surface area contributed by atoms with Gasteiger partial charge < -0.3 is 9.03 Å². The average molecular weight is 277 g/mol. The van der Waals surface area contributed by atoms with Gasteiger partial charge in [-0.15, -0.1) is 0 Å². The van der Waals surface area contributed by atoms with E-state index in [1.807, 2.05) is 0 Å². The Labute approximate surface area is 103 Å². The molecule has 17 heavy (non-hydrogen) atoms. The first kappa shape index (κ1) is 16.5. The lowest BCUT2D eigenvalue weighted by Gasteiger charge is -2.06. The molecule has 3 nitrogen and oxygen atoms in total. The molecule has 0 amide bonds. The van der Waals surface area contributed by atoms with E-state index in [9.17, 15) is 18.0 Å². The third kappa shape index (κ3) is 13.4. The predicted molar refractivity (Wildman–Crippen MR) is 56.5 cm³/mol. The summed E-state index contributed by atoms with van der Waals surface area (Å²) in [6.45, 7) is 0.0259. The van der Waals surface area contributed by atoms with Crippen LogP contribution < -0.4 is 0 Å². The number of hydrogen-bond donors (Lipinski definition) is 0. The van der Waals surface area contributed by atoms with Crippen LogP contribution in [0.15, 0.2) is 0 Å². The Balaban J connectivity index is 3.12. The van der Waals surface area contributed by atoms with Crippen LogP contribution in [0.1, 0.15) is 38.5 Å². The lowest BCUT2D eigenvalue weighted by Crippen LogP contribution is -2.11. The van der Waals surface area contributed by atoms with Crippen LogP contribution in [0.25, 0.3) is 0 Å². The highest BCUT2D eigenvalue weighted by molar-refractivity contribution is 6.13. The largest absolute Gasteiger partial charge is 0.391 e. The van der Waals surface area contributed by atoms with Gasteiger partial charge in [-0.25, -0.2) is 0 Å². The minimum atomic E-state index is -4.15. The SMILES string of the molecule is O=C(CCCCCCOCCC(F)(F)F)OCl. The fourth-order valence-electron chi connectivity index (χ4n) is 1.16. The highest BCUT2D eigenvalue weighted by atomic mass is 35.5. The third-order valence-electron chi connectivity index (χ3n) is 2.04. The van der Waals surface area contributed by atoms with Crippen LogP contribution in [0, 0.1) is 0 Å². The van der Waals surface area contributed by atoms with Gasteiger partial charge in [-0.3, -0.25) is 4.79 Å². The summed E-state index contributed by atoms with van der Waals surface area (Å²) in [5.41, 5.74) is 0. The summed E-state index contributed by atoms with van der Waals surface area (Å²) in [5, 5.41) is 0. The van der Waals surface area contributed by atoms with Gasteiger partial charge in [-0.1, -0.05) is 12.8 Å². The molecule has 0 heterocycles. The normalized spacial score (nSPS) is 11.5. The number of carbonyl (C=O) groups is 1. The molecule has 0 saturated carbocycles. The molecule has 0 radical (unpaired) electrons. The minimum absolute atomic E-state index is 0.262. The van der Waals surface area contributed by atoms with Gasteiger partial charge in [-0.05, 0) is 12.8 Å². The maximum atomic E-state index is 11.7. The first-order chi connectivity index (χ1) is 7.95. The zero-order valence-corrected chi connectivity index (χ0v) is 10.1. The topological polar surface area (TPSA) is 35.5 Å². The molecule has 0 aliphatic rings. The molecule has 0 unspecified atom stereocenters. The van der Waals surface area contributed by atoms with Crippen LogP contribution in [0.2, 0.25) is 0 Å². The van der Waals surface area contributed by atoms with Crippen molar-refractivity contribution in [3.63, 3.8) is 0 Å². The molecule has 0 fully saturated rings. The zero-order chi connectivity index (χ0) is 13.1. The molecule has 0 rings (SSSR count). The Bertz CT molecular complexity index is 209. The van der Waals surface area contributed by atoms with Crippen LogP contribution in [0.4, 0.5) is 13.2 Å². The lowest BCUT2D eigenvalue weighted by molar-refractivity contribution is -0.145. The van der Waals surface area contributed by atoms with E-state index < -0.39 is 18.6 Å². The number of unbranched alkanes of at least 4 members (excludes halogenated alkanes) is 3. The maximum Gasteiger partial charge on any atom is 0.391 e. The minimum Gasteiger partial charge on any atom is -0.381 e. The molecular weight excluding hydrogens is 261 g/mol. The van der Waals surface area contributed by atoms with Gasteiger partial charge in [0.25, 0.3) is 0 Å². The predicted octanol–water partition coefficient (Wildman–Crippen LogP) is 3.60. The Kier molecular flexibility index (Phi) is 9.26. The summed E-state index contributed by atoms with van der Waals surface area (Å²) in [6, 6.07) is 0. The van der Waals surface area contributed by atoms with Crippen molar-refractivity contribution in [1.29, 1.82) is 0 Å². The number of ether oxygens (including phenoxy) is 1. The van der Waals surface area contributed by atoms with E-state index in [0.717, 1.165) is 12.8 Å². The van der Waals surface area contributed by atoms with Crippen LogP contribution in [-0.2, 0) is 13.8 Å². The van der Waals surface area contributed by atoms with Crippen LogP contribution in [0.3, 0.4) is 0 Å². The van der Waals surface area contributed by atoms with Crippen LogP contribution in [-0.4, -0.2) is 25.4 Å².